The monoisotopic (exact) mass is 565 g/mol. The van der Waals surface area contributed by atoms with Crippen LogP contribution in [0.4, 0.5) is 5.69 Å². The molecule has 1 aliphatic heterocycles. The number of ether oxygens (including phenoxy) is 1. The number of aromatic nitrogens is 1. The van der Waals surface area contributed by atoms with Crippen LogP contribution in [0.1, 0.15) is 34.5 Å². The molecule has 5 rings (SSSR count). The van der Waals surface area contributed by atoms with E-state index in [0.717, 1.165) is 18.2 Å². The van der Waals surface area contributed by atoms with Crippen molar-refractivity contribution in [3.63, 3.8) is 0 Å². The van der Waals surface area contributed by atoms with E-state index in [1.165, 1.54) is 16.4 Å². The molecule has 1 N–H and O–H groups in total. The molecule has 0 unspecified atom stereocenters. The molecule has 1 saturated heterocycles. The van der Waals surface area contributed by atoms with Crippen molar-refractivity contribution in [1.29, 1.82) is 0 Å². The Hall–Kier alpha value is -3.66. The fourth-order valence-corrected chi connectivity index (χ4v) is 6.66. The van der Waals surface area contributed by atoms with E-state index in [0.29, 0.717) is 51.9 Å². The molecular formula is C29H28ClN3O5S. The summed E-state index contributed by atoms with van der Waals surface area (Å²) in [7, 11) is -2.06. The number of nitrogens with zero attached hydrogens (tertiary/aromatic N) is 2. The molecule has 202 valence electrons. The SMILES string of the molecule is COc1ccc2c(c1)c(CC(=O)Nc1cccc(S(=O)(=O)N3CCCC3)c1)c(C)n2C(=O)c1ccc(Cl)cc1. The lowest BCUT2D eigenvalue weighted by atomic mass is 10.1. The van der Waals surface area contributed by atoms with E-state index < -0.39 is 10.0 Å². The van der Waals surface area contributed by atoms with Crippen LogP contribution in [0, 0.1) is 6.92 Å². The zero-order chi connectivity index (χ0) is 27.7. The number of rotatable bonds is 7. The van der Waals surface area contributed by atoms with Crippen molar-refractivity contribution in [2.24, 2.45) is 0 Å². The van der Waals surface area contributed by atoms with Crippen molar-refractivity contribution in [1.82, 2.24) is 8.87 Å². The van der Waals surface area contributed by atoms with E-state index in [1.807, 2.05) is 0 Å². The van der Waals surface area contributed by atoms with Gasteiger partial charge < -0.3 is 10.1 Å². The summed E-state index contributed by atoms with van der Waals surface area (Å²) in [5, 5.41) is 4.07. The zero-order valence-corrected chi connectivity index (χ0v) is 23.2. The second-order valence-electron chi connectivity index (χ2n) is 9.46. The predicted octanol–water partition coefficient (Wildman–Crippen LogP) is 5.27. The minimum Gasteiger partial charge on any atom is -0.497 e. The van der Waals surface area contributed by atoms with Crippen molar-refractivity contribution < 1.29 is 22.7 Å². The number of sulfonamides is 1. The topological polar surface area (TPSA) is 97.7 Å². The lowest BCUT2D eigenvalue weighted by Crippen LogP contribution is -2.28. The Morgan fingerprint density at radius 3 is 2.41 bits per heavy atom. The first-order valence-corrected chi connectivity index (χ1v) is 14.4. The Morgan fingerprint density at radius 2 is 1.72 bits per heavy atom. The molecule has 1 amide bonds. The molecule has 8 nitrogen and oxygen atoms in total. The van der Waals surface area contributed by atoms with Crippen LogP contribution < -0.4 is 10.1 Å². The van der Waals surface area contributed by atoms with Crippen molar-refractivity contribution in [2.45, 2.75) is 31.1 Å². The zero-order valence-electron chi connectivity index (χ0n) is 21.6. The van der Waals surface area contributed by atoms with Crippen LogP contribution in [-0.2, 0) is 21.2 Å². The summed E-state index contributed by atoms with van der Waals surface area (Å²) in [6, 6.07) is 18.3. The van der Waals surface area contributed by atoms with Gasteiger partial charge in [-0.25, -0.2) is 8.42 Å². The number of carbonyl (C=O) groups excluding carboxylic acids is 2. The molecule has 1 fully saturated rings. The summed E-state index contributed by atoms with van der Waals surface area (Å²) in [5.74, 6) is 0.0144. The van der Waals surface area contributed by atoms with Crippen molar-refractivity contribution in [3.05, 3.63) is 88.6 Å². The number of nitrogens with one attached hydrogen (secondary N) is 1. The van der Waals surface area contributed by atoms with Crippen molar-refractivity contribution in [3.8, 4) is 5.75 Å². The minimum atomic E-state index is -3.62. The third kappa shape index (κ3) is 5.30. The van der Waals surface area contributed by atoms with Gasteiger partial charge in [0.05, 0.1) is 23.9 Å². The molecule has 39 heavy (non-hydrogen) atoms. The van der Waals surface area contributed by atoms with Crippen molar-refractivity contribution >= 4 is 50.0 Å². The van der Waals surface area contributed by atoms with Gasteiger partial charge in [-0.3, -0.25) is 14.2 Å². The van der Waals surface area contributed by atoms with E-state index in [4.69, 9.17) is 16.3 Å². The number of fused-ring (bicyclic) bond motifs is 1. The van der Waals surface area contributed by atoms with Gasteiger partial charge in [0.25, 0.3) is 5.91 Å². The Balaban J connectivity index is 1.46. The molecule has 10 heteroatoms. The second-order valence-corrected chi connectivity index (χ2v) is 11.8. The molecule has 0 bridgehead atoms. The smallest absolute Gasteiger partial charge is 0.262 e. The molecule has 0 saturated carbocycles. The molecular weight excluding hydrogens is 538 g/mol. The molecule has 2 heterocycles. The minimum absolute atomic E-state index is 0.0283. The highest BCUT2D eigenvalue weighted by atomic mass is 35.5. The molecule has 0 radical (unpaired) electrons. The van der Waals surface area contributed by atoms with Crippen LogP contribution in [-0.4, -0.2) is 49.3 Å². The van der Waals surface area contributed by atoms with Crippen LogP contribution in [0.3, 0.4) is 0 Å². The number of anilines is 1. The maximum Gasteiger partial charge on any atom is 0.262 e. The largest absolute Gasteiger partial charge is 0.497 e. The molecule has 1 aliphatic rings. The second kappa shape index (κ2) is 10.8. The van der Waals surface area contributed by atoms with E-state index in [9.17, 15) is 18.0 Å². The predicted molar refractivity (Wildman–Crippen MR) is 151 cm³/mol. The number of amides is 1. The first-order valence-electron chi connectivity index (χ1n) is 12.6. The highest BCUT2D eigenvalue weighted by molar-refractivity contribution is 7.89. The summed E-state index contributed by atoms with van der Waals surface area (Å²) >= 11 is 6.01. The molecule has 0 aliphatic carbocycles. The van der Waals surface area contributed by atoms with Gasteiger partial charge in [0.1, 0.15) is 5.75 Å². The summed E-state index contributed by atoms with van der Waals surface area (Å²) in [6.45, 7) is 2.80. The van der Waals surface area contributed by atoms with Gasteiger partial charge in [-0.2, -0.15) is 4.31 Å². The number of benzene rings is 3. The quantitative estimate of drug-likeness (QED) is 0.329. The van der Waals surface area contributed by atoms with E-state index in [2.05, 4.69) is 5.32 Å². The highest BCUT2D eigenvalue weighted by Gasteiger charge is 2.27. The standard InChI is InChI=1S/C29H28ClN3O5S/c1-19-25(18-28(34)31-22-6-5-7-24(16-22)39(36,37)32-14-3-4-15-32)26-17-23(38-2)12-13-27(26)33(19)29(35)20-8-10-21(30)11-9-20/h5-13,16-17H,3-4,14-15,18H2,1-2H3,(H,31,34). The Kier molecular flexibility index (Phi) is 7.48. The van der Waals surface area contributed by atoms with Crippen LogP contribution in [0.15, 0.2) is 71.6 Å². The van der Waals surface area contributed by atoms with E-state index in [-0.39, 0.29) is 23.1 Å². The van der Waals surface area contributed by atoms with Gasteiger partial charge in [-0.1, -0.05) is 17.7 Å². The lowest BCUT2D eigenvalue weighted by molar-refractivity contribution is -0.115. The van der Waals surface area contributed by atoms with E-state index in [1.54, 1.807) is 73.2 Å². The third-order valence-corrected chi connectivity index (χ3v) is 9.14. The number of methoxy groups -OCH3 is 1. The first kappa shape index (κ1) is 26.9. The molecule has 0 spiro atoms. The Bertz CT molecular complexity index is 1670. The summed E-state index contributed by atoms with van der Waals surface area (Å²) < 4.78 is 34.4. The number of halogens is 1. The number of carbonyl (C=O) groups is 2. The van der Waals surface area contributed by atoms with E-state index >= 15 is 0 Å². The normalized spacial score (nSPS) is 14.0. The third-order valence-electron chi connectivity index (χ3n) is 6.99. The van der Waals surface area contributed by atoms with Crippen molar-refractivity contribution in [2.75, 3.05) is 25.5 Å². The number of hydrogen-bond donors (Lipinski definition) is 1. The molecule has 3 aromatic carbocycles. The van der Waals surface area contributed by atoms with Gasteiger partial charge in [0, 0.05) is 40.4 Å². The molecule has 4 aromatic rings. The fraction of sp³-hybridized carbons (Fsp3) is 0.241. The van der Waals surface area contributed by atoms with Crippen LogP contribution >= 0.6 is 11.6 Å². The van der Waals surface area contributed by atoms with Gasteiger partial charge in [-0.15, -0.1) is 0 Å². The fourth-order valence-electron chi connectivity index (χ4n) is 4.97. The van der Waals surface area contributed by atoms with Gasteiger partial charge in [-0.05, 0) is 86.0 Å². The van der Waals surface area contributed by atoms with Crippen LogP contribution in [0.5, 0.6) is 5.75 Å². The first-order chi connectivity index (χ1) is 18.7. The average molecular weight is 566 g/mol. The summed E-state index contributed by atoms with van der Waals surface area (Å²) in [5.41, 5.74) is 2.79. The van der Waals surface area contributed by atoms with Crippen LogP contribution in [0.2, 0.25) is 5.02 Å². The van der Waals surface area contributed by atoms with Gasteiger partial charge in [0.15, 0.2) is 0 Å². The lowest BCUT2D eigenvalue weighted by Gasteiger charge is -2.16. The Morgan fingerprint density at radius 1 is 1.00 bits per heavy atom. The highest BCUT2D eigenvalue weighted by Crippen LogP contribution is 2.31. The number of hydrogen-bond acceptors (Lipinski definition) is 5. The summed E-state index contributed by atoms with van der Waals surface area (Å²) in [6.07, 6.45) is 1.65. The van der Waals surface area contributed by atoms with Gasteiger partial charge >= 0.3 is 0 Å². The van der Waals surface area contributed by atoms with Crippen LogP contribution in [0.25, 0.3) is 10.9 Å². The maximum absolute atomic E-state index is 13.5. The molecule has 0 atom stereocenters. The summed E-state index contributed by atoms with van der Waals surface area (Å²) in [4.78, 5) is 26.9. The average Bonchev–Trinajstić information content (AvgIpc) is 3.56. The Labute approximate surface area is 232 Å². The van der Waals surface area contributed by atoms with Gasteiger partial charge in [0.2, 0.25) is 15.9 Å². The maximum atomic E-state index is 13.5. The molecule has 1 aromatic heterocycles.